The van der Waals surface area contributed by atoms with Gasteiger partial charge in [-0.15, -0.1) is 14.9 Å². The number of rotatable bonds is 7. The molecule has 2 aliphatic rings. The summed E-state index contributed by atoms with van der Waals surface area (Å²) in [5, 5.41) is 12.0. The summed E-state index contributed by atoms with van der Waals surface area (Å²) in [6.45, 7) is 9.68. The Labute approximate surface area is 221 Å². The van der Waals surface area contributed by atoms with Crippen LogP contribution >= 0.6 is 11.3 Å². The zero-order chi connectivity index (χ0) is 27.4. The van der Waals surface area contributed by atoms with E-state index >= 15 is 0 Å². The third kappa shape index (κ3) is 4.68. The van der Waals surface area contributed by atoms with E-state index in [1.807, 2.05) is 6.08 Å². The number of nitrogens with two attached hydrogens (primary N) is 1. The number of sulfonamides is 1. The van der Waals surface area contributed by atoms with Gasteiger partial charge >= 0.3 is 0 Å². The first-order chi connectivity index (χ1) is 17.9. The molecule has 0 spiro atoms. The van der Waals surface area contributed by atoms with E-state index in [0.29, 0.717) is 60.2 Å². The Kier molecular flexibility index (Phi) is 6.54. The molecule has 200 valence electrons. The highest BCUT2D eigenvalue weighted by atomic mass is 32.2. The molecule has 1 aliphatic heterocycles. The molecule has 1 aromatic carbocycles. The molecule has 1 amide bonds. The van der Waals surface area contributed by atoms with Crippen LogP contribution in [0.25, 0.3) is 32.0 Å². The second kappa shape index (κ2) is 9.45. The largest absolute Gasteiger partial charge is 0.337 e. The molecule has 5 rings (SSSR count). The van der Waals surface area contributed by atoms with Crippen LogP contribution in [0.3, 0.4) is 0 Å². The monoisotopic (exact) mass is 562 g/mol. The average molecular weight is 563 g/mol. The van der Waals surface area contributed by atoms with Crippen molar-refractivity contribution in [1.29, 1.82) is 0 Å². The van der Waals surface area contributed by atoms with Crippen LogP contribution in [0.2, 0.25) is 0 Å². The summed E-state index contributed by atoms with van der Waals surface area (Å²) in [7, 11) is -2.44. The normalized spacial score (nSPS) is 17.9. The number of nitrogens with zero attached hydrogens (tertiary/aromatic N) is 6. The van der Waals surface area contributed by atoms with Crippen molar-refractivity contribution in [3.8, 4) is 10.7 Å². The second-order valence-corrected chi connectivity index (χ2v) is 12.1. The van der Waals surface area contributed by atoms with Crippen molar-refractivity contribution in [3.63, 3.8) is 0 Å². The van der Waals surface area contributed by atoms with E-state index in [1.54, 1.807) is 23.6 Å². The molecular weight excluding hydrogens is 538 g/mol. The minimum Gasteiger partial charge on any atom is -0.337 e. The van der Waals surface area contributed by atoms with Gasteiger partial charge in [-0.05, 0) is 31.1 Å². The van der Waals surface area contributed by atoms with Crippen LogP contribution in [-0.2, 0) is 21.9 Å². The Morgan fingerprint density at radius 2 is 2.05 bits per heavy atom. The summed E-state index contributed by atoms with van der Waals surface area (Å²) in [5.41, 5.74) is 6.77. The zero-order valence-electron chi connectivity index (χ0n) is 20.5. The fraction of sp³-hybridized carbons (Fsp3) is 0.435. The lowest BCUT2D eigenvalue weighted by Gasteiger charge is -2.28. The number of amides is 1. The van der Waals surface area contributed by atoms with Crippen LogP contribution in [0.15, 0.2) is 23.1 Å². The summed E-state index contributed by atoms with van der Waals surface area (Å²) in [6, 6.07) is 2.30. The quantitative estimate of drug-likeness (QED) is 0.422. The molecule has 0 bridgehead atoms. The van der Waals surface area contributed by atoms with Gasteiger partial charge in [-0.3, -0.25) is 14.3 Å². The first-order valence-corrected chi connectivity index (χ1v) is 14.0. The summed E-state index contributed by atoms with van der Waals surface area (Å²) in [6.07, 6.45) is 0.309. The number of aromatic nitrogens is 4. The Balaban J connectivity index is 1.67. The molecule has 11 nitrogen and oxygen atoms in total. The lowest BCUT2D eigenvalue weighted by molar-refractivity contribution is -0.131. The summed E-state index contributed by atoms with van der Waals surface area (Å²) < 4.78 is 57.3. The molecule has 1 aliphatic carbocycles. The van der Waals surface area contributed by atoms with Crippen LogP contribution in [0.1, 0.15) is 43.2 Å². The Bertz CT molecular complexity index is 1620. The topological polar surface area (TPSA) is 140 Å². The molecule has 38 heavy (non-hydrogen) atoms. The smallest absolute Gasteiger partial charge is 0.299 e. The number of benzene rings is 1. The van der Waals surface area contributed by atoms with Crippen LogP contribution in [0.4, 0.5) is 8.78 Å². The van der Waals surface area contributed by atoms with Gasteiger partial charge in [-0.25, -0.2) is 23.8 Å². The van der Waals surface area contributed by atoms with Crippen LogP contribution in [-0.4, -0.2) is 64.0 Å². The number of hydrogen-bond acceptors (Lipinski definition) is 8. The fourth-order valence-electron chi connectivity index (χ4n) is 4.43. The molecule has 0 radical (unpaired) electrons. The van der Waals surface area contributed by atoms with Gasteiger partial charge in [0.1, 0.15) is 5.69 Å². The third-order valence-electron chi connectivity index (χ3n) is 6.57. The number of carbonyl (C=O) groups excluding carboxylic acids is 1. The zero-order valence-corrected chi connectivity index (χ0v) is 22.1. The van der Waals surface area contributed by atoms with E-state index in [1.165, 1.54) is 12.1 Å². The van der Waals surface area contributed by atoms with Gasteiger partial charge in [0.2, 0.25) is 15.9 Å². The number of aryl methyl sites for hydroxylation is 1. The van der Waals surface area contributed by atoms with E-state index in [-0.39, 0.29) is 21.5 Å². The van der Waals surface area contributed by atoms with E-state index in [9.17, 15) is 22.0 Å². The highest BCUT2D eigenvalue weighted by molar-refractivity contribution is 7.89. The lowest BCUT2D eigenvalue weighted by Crippen LogP contribution is -2.43. The number of carbonyl (C=O) groups is 1. The molecule has 1 saturated carbocycles. The standard InChI is InChI=1S/C23H24F2N8O3S2/c1-12(26)22(34)33-8-4-13(5-9-33)15-10-14(38(35,36)31-23(27-2)6-7-23)11-16-17(30-32(3)18(15)16)20-28-29-21(37-20)19(24)25/h4,10-12,19,31H,5-9,26H2,1,3H3/t12-/m0/s1. The predicted octanol–water partition coefficient (Wildman–Crippen LogP) is 2.68. The molecule has 3 heterocycles. The van der Waals surface area contributed by atoms with Crippen molar-refractivity contribution in [1.82, 2.24) is 29.6 Å². The summed E-state index contributed by atoms with van der Waals surface area (Å²) in [5.74, 6) is -0.186. The van der Waals surface area contributed by atoms with Gasteiger partial charge in [0.15, 0.2) is 10.0 Å². The third-order valence-corrected chi connectivity index (χ3v) is 9.01. The Morgan fingerprint density at radius 1 is 1.32 bits per heavy atom. The van der Waals surface area contributed by atoms with Crippen molar-refractivity contribution in [3.05, 3.63) is 40.2 Å². The number of halogens is 2. The maximum absolute atomic E-state index is 13.4. The molecular formula is C23H24F2N8O3S2. The highest BCUT2D eigenvalue weighted by Crippen LogP contribution is 2.41. The molecule has 0 unspecified atom stereocenters. The van der Waals surface area contributed by atoms with Gasteiger partial charge in [-0.1, -0.05) is 17.4 Å². The van der Waals surface area contributed by atoms with Crippen LogP contribution in [0, 0.1) is 6.57 Å². The van der Waals surface area contributed by atoms with Gasteiger partial charge in [-0.2, -0.15) is 5.10 Å². The van der Waals surface area contributed by atoms with Crippen molar-refractivity contribution in [2.45, 2.75) is 49.2 Å². The van der Waals surface area contributed by atoms with Crippen molar-refractivity contribution in [2.75, 3.05) is 13.1 Å². The molecule has 3 N–H and O–H groups in total. The number of alkyl halides is 2. The maximum Gasteiger partial charge on any atom is 0.299 e. The maximum atomic E-state index is 13.4. The van der Waals surface area contributed by atoms with Crippen molar-refractivity contribution in [2.24, 2.45) is 12.8 Å². The van der Waals surface area contributed by atoms with Gasteiger partial charge in [0, 0.05) is 31.1 Å². The molecule has 1 atom stereocenters. The van der Waals surface area contributed by atoms with Gasteiger partial charge < -0.3 is 10.6 Å². The SMILES string of the molecule is [C-]#[N+]C1(NS(=O)(=O)c2cc(C3=CCN(C(=O)[C@H](C)N)CC3)c3c(c2)c(-c2nnc(C(F)F)s2)nn3C)CC1. The van der Waals surface area contributed by atoms with Gasteiger partial charge in [0.05, 0.1) is 29.3 Å². The first kappa shape index (κ1) is 26.3. The summed E-state index contributed by atoms with van der Waals surface area (Å²) >= 11 is 0.683. The number of fused-ring (bicyclic) bond motifs is 1. The Morgan fingerprint density at radius 3 is 2.61 bits per heavy atom. The van der Waals surface area contributed by atoms with Crippen molar-refractivity contribution >= 4 is 43.7 Å². The number of nitrogens with one attached hydrogen (secondary N) is 1. The van der Waals surface area contributed by atoms with Crippen LogP contribution < -0.4 is 10.5 Å². The number of hydrogen-bond donors (Lipinski definition) is 2. The van der Waals surface area contributed by atoms with E-state index < -0.39 is 33.2 Å². The molecule has 2 aromatic heterocycles. The lowest BCUT2D eigenvalue weighted by atomic mass is 9.96. The fourth-order valence-corrected chi connectivity index (χ4v) is 6.55. The minimum atomic E-state index is -4.12. The second-order valence-electron chi connectivity index (χ2n) is 9.39. The van der Waals surface area contributed by atoms with E-state index in [0.717, 1.165) is 5.57 Å². The van der Waals surface area contributed by atoms with Crippen LogP contribution in [0.5, 0.6) is 0 Å². The van der Waals surface area contributed by atoms with E-state index in [2.05, 4.69) is 24.9 Å². The predicted molar refractivity (Wildman–Crippen MR) is 136 cm³/mol. The first-order valence-electron chi connectivity index (χ1n) is 11.7. The van der Waals surface area contributed by atoms with Crippen molar-refractivity contribution < 1.29 is 22.0 Å². The van der Waals surface area contributed by atoms with E-state index in [4.69, 9.17) is 12.3 Å². The molecule has 15 heteroatoms. The molecule has 1 fully saturated rings. The average Bonchev–Trinajstić information content (AvgIpc) is 3.31. The van der Waals surface area contributed by atoms with Gasteiger partial charge in [0.25, 0.3) is 12.1 Å². The summed E-state index contributed by atoms with van der Waals surface area (Å²) in [4.78, 5) is 17.3. The minimum absolute atomic E-state index is 0.0854. The molecule has 3 aromatic rings. The highest BCUT2D eigenvalue weighted by Gasteiger charge is 2.54. The Hall–Kier alpha value is -3.32. The molecule has 0 saturated heterocycles.